The molecule has 0 aliphatic heterocycles. The Morgan fingerprint density at radius 3 is 2.11 bits per heavy atom. The minimum absolute atomic E-state index is 0.588. The van der Waals surface area contributed by atoms with Crippen LogP contribution in [0.4, 0.5) is 5.82 Å². The van der Waals surface area contributed by atoms with Gasteiger partial charge in [0.05, 0.1) is 11.4 Å². The first kappa shape index (κ1) is 17.2. The Labute approximate surface area is 161 Å². The van der Waals surface area contributed by atoms with Crippen molar-refractivity contribution in [3.8, 4) is 27.6 Å². The molecule has 27 heavy (non-hydrogen) atoms. The van der Waals surface area contributed by atoms with Crippen LogP contribution in [-0.2, 0) is 4.79 Å². The number of nitrogens with one attached hydrogen (secondary N) is 1. The van der Waals surface area contributed by atoms with Crippen molar-refractivity contribution in [3.05, 3.63) is 71.1 Å². The second-order valence-electron chi connectivity index (χ2n) is 6.34. The lowest BCUT2D eigenvalue weighted by molar-refractivity contribution is -0.105. The van der Waals surface area contributed by atoms with Gasteiger partial charge in [-0.15, -0.1) is 11.3 Å². The molecule has 2 heterocycles. The van der Waals surface area contributed by atoms with Gasteiger partial charge in [0.25, 0.3) is 0 Å². The first-order valence-electron chi connectivity index (χ1n) is 8.54. The van der Waals surface area contributed by atoms with Crippen molar-refractivity contribution in [1.82, 2.24) is 14.8 Å². The molecule has 0 aliphatic rings. The Hall–Kier alpha value is -3.25. The molecule has 2 aromatic heterocycles. The number of hydrogen-bond acceptors (Lipinski definition) is 4. The van der Waals surface area contributed by atoms with Crippen molar-refractivity contribution in [3.63, 3.8) is 0 Å². The highest BCUT2D eigenvalue weighted by Gasteiger charge is 2.14. The van der Waals surface area contributed by atoms with Gasteiger partial charge >= 0.3 is 0 Å². The average molecular weight is 374 g/mol. The van der Waals surface area contributed by atoms with Gasteiger partial charge in [-0.05, 0) is 13.8 Å². The van der Waals surface area contributed by atoms with Crippen LogP contribution in [-0.4, -0.2) is 21.2 Å². The molecule has 0 bridgehead atoms. The van der Waals surface area contributed by atoms with Crippen LogP contribution in [0.15, 0.2) is 60.0 Å². The highest BCUT2D eigenvalue weighted by molar-refractivity contribution is 7.12. The number of aryl methyl sites for hydroxylation is 2. The molecular formula is C21H18N4OS. The van der Waals surface area contributed by atoms with Crippen molar-refractivity contribution in [2.24, 2.45) is 0 Å². The fourth-order valence-electron chi connectivity index (χ4n) is 2.77. The van der Waals surface area contributed by atoms with E-state index in [1.54, 1.807) is 4.68 Å². The Balaban J connectivity index is 1.73. The molecule has 0 radical (unpaired) electrons. The fourth-order valence-corrected chi connectivity index (χ4v) is 3.57. The van der Waals surface area contributed by atoms with Crippen molar-refractivity contribution >= 4 is 23.6 Å². The second-order valence-corrected chi connectivity index (χ2v) is 7.17. The second kappa shape index (κ2) is 7.17. The Bertz CT molecular complexity index is 1080. The van der Waals surface area contributed by atoms with Crippen molar-refractivity contribution in [2.75, 3.05) is 5.32 Å². The van der Waals surface area contributed by atoms with E-state index in [4.69, 9.17) is 4.98 Å². The molecule has 0 spiro atoms. The number of hydrogen-bond donors (Lipinski definition) is 1. The van der Waals surface area contributed by atoms with Crippen molar-refractivity contribution in [2.45, 2.75) is 13.8 Å². The van der Waals surface area contributed by atoms with E-state index < -0.39 is 0 Å². The maximum Gasteiger partial charge on any atom is 0.212 e. The lowest BCUT2D eigenvalue weighted by Crippen LogP contribution is -2.04. The summed E-state index contributed by atoms with van der Waals surface area (Å²) in [6.07, 6.45) is 0.654. The summed E-state index contributed by atoms with van der Waals surface area (Å²) in [4.78, 5) is 15.7. The molecule has 2 aromatic carbocycles. The first-order chi connectivity index (χ1) is 13.1. The van der Waals surface area contributed by atoms with E-state index in [2.05, 4.69) is 41.6 Å². The van der Waals surface area contributed by atoms with Gasteiger partial charge < -0.3 is 5.32 Å². The molecule has 1 amide bonds. The zero-order chi connectivity index (χ0) is 18.8. The molecular weight excluding hydrogens is 356 g/mol. The molecule has 5 nitrogen and oxygen atoms in total. The van der Waals surface area contributed by atoms with Gasteiger partial charge in [-0.2, -0.15) is 9.78 Å². The third-order valence-electron chi connectivity index (χ3n) is 4.28. The zero-order valence-corrected chi connectivity index (χ0v) is 15.8. The third-order valence-corrected chi connectivity index (χ3v) is 5.10. The minimum Gasteiger partial charge on any atom is -0.313 e. The summed E-state index contributed by atoms with van der Waals surface area (Å²) in [7, 11) is 0. The fraction of sp³-hybridized carbons (Fsp3) is 0.0952. The molecule has 0 unspecified atom stereocenters. The molecule has 0 fully saturated rings. The van der Waals surface area contributed by atoms with E-state index in [0.717, 1.165) is 22.5 Å². The van der Waals surface area contributed by atoms with Gasteiger partial charge in [0, 0.05) is 22.6 Å². The number of anilines is 1. The van der Waals surface area contributed by atoms with E-state index >= 15 is 0 Å². The van der Waals surface area contributed by atoms with E-state index in [1.807, 2.05) is 42.6 Å². The number of carbonyl (C=O) groups excluding carboxylic acids is 1. The summed E-state index contributed by atoms with van der Waals surface area (Å²) in [6.45, 7) is 4.11. The van der Waals surface area contributed by atoms with Gasteiger partial charge in [0.2, 0.25) is 11.5 Å². The summed E-state index contributed by atoms with van der Waals surface area (Å²) < 4.78 is 1.67. The average Bonchev–Trinajstić information content (AvgIpc) is 3.31. The van der Waals surface area contributed by atoms with E-state index in [1.165, 1.54) is 22.5 Å². The maximum absolute atomic E-state index is 11.0. The lowest BCUT2D eigenvalue weighted by Gasteiger charge is -2.01. The van der Waals surface area contributed by atoms with Gasteiger partial charge in [-0.3, -0.25) is 4.79 Å². The molecule has 0 saturated heterocycles. The molecule has 0 aliphatic carbocycles. The molecule has 1 N–H and O–H groups in total. The highest BCUT2D eigenvalue weighted by Crippen LogP contribution is 2.29. The SMILES string of the molecule is Cc1ccc(-c2csc(-n3nc(-c4ccc(C)cc4)cc3NC=O)n2)cc1. The van der Waals surface area contributed by atoms with Gasteiger partial charge in [0.1, 0.15) is 5.82 Å². The van der Waals surface area contributed by atoms with Crippen molar-refractivity contribution < 1.29 is 4.79 Å². The molecule has 134 valence electrons. The number of benzene rings is 2. The van der Waals surface area contributed by atoms with Crippen LogP contribution in [0.1, 0.15) is 11.1 Å². The Kier molecular flexibility index (Phi) is 4.56. The quantitative estimate of drug-likeness (QED) is 0.508. The first-order valence-corrected chi connectivity index (χ1v) is 9.42. The molecule has 4 aromatic rings. The summed E-state index contributed by atoms with van der Waals surface area (Å²) in [5, 5.41) is 10.1. The summed E-state index contributed by atoms with van der Waals surface area (Å²) >= 11 is 1.49. The number of nitrogens with zero attached hydrogens (tertiary/aromatic N) is 3. The van der Waals surface area contributed by atoms with Crippen LogP contribution < -0.4 is 5.32 Å². The molecule has 6 heteroatoms. The van der Waals surface area contributed by atoms with E-state index in [-0.39, 0.29) is 0 Å². The number of carbonyl (C=O) groups is 1. The summed E-state index contributed by atoms with van der Waals surface area (Å²) in [6, 6.07) is 18.2. The highest BCUT2D eigenvalue weighted by atomic mass is 32.1. The lowest BCUT2D eigenvalue weighted by atomic mass is 10.1. The zero-order valence-electron chi connectivity index (χ0n) is 15.0. The van der Waals surface area contributed by atoms with E-state index in [9.17, 15) is 4.79 Å². The van der Waals surface area contributed by atoms with Crippen LogP contribution in [0.5, 0.6) is 0 Å². The predicted octanol–water partition coefficient (Wildman–Crippen LogP) is 4.85. The number of aromatic nitrogens is 3. The topological polar surface area (TPSA) is 59.8 Å². The predicted molar refractivity (Wildman–Crippen MR) is 109 cm³/mol. The van der Waals surface area contributed by atoms with Crippen LogP contribution in [0.25, 0.3) is 27.6 Å². The van der Waals surface area contributed by atoms with Gasteiger partial charge in [-0.1, -0.05) is 59.7 Å². The van der Waals surface area contributed by atoms with Crippen LogP contribution in [0.3, 0.4) is 0 Å². The normalized spacial score (nSPS) is 10.7. The number of rotatable bonds is 5. The number of thiazole rings is 1. The molecule has 0 atom stereocenters. The molecule has 0 saturated carbocycles. The maximum atomic E-state index is 11.0. The third kappa shape index (κ3) is 3.52. The summed E-state index contributed by atoms with van der Waals surface area (Å²) in [5.74, 6) is 0.588. The molecule has 4 rings (SSSR count). The van der Waals surface area contributed by atoms with Crippen LogP contribution in [0, 0.1) is 13.8 Å². The van der Waals surface area contributed by atoms with E-state index in [0.29, 0.717) is 17.4 Å². The smallest absolute Gasteiger partial charge is 0.212 e. The minimum atomic E-state index is 0.588. The standard InChI is InChI=1S/C21H18N4OS/c1-14-3-7-16(8-4-14)18-11-20(22-13-26)25(24-18)21-23-19(12-27-21)17-9-5-15(2)6-10-17/h3-13H,1-2H3,(H,22,26). The van der Waals surface area contributed by atoms with Crippen LogP contribution >= 0.6 is 11.3 Å². The van der Waals surface area contributed by atoms with Gasteiger partial charge in [0.15, 0.2) is 0 Å². The van der Waals surface area contributed by atoms with Crippen LogP contribution in [0.2, 0.25) is 0 Å². The van der Waals surface area contributed by atoms with Crippen molar-refractivity contribution in [1.29, 1.82) is 0 Å². The monoisotopic (exact) mass is 374 g/mol. The van der Waals surface area contributed by atoms with Gasteiger partial charge in [-0.25, -0.2) is 4.98 Å². The summed E-state index contributed by atoms with van der Waals surface area (Å²) in [5.41, 5.74) is 6.11. The number of amides is 1. The Morgan fingerprint density at radius 1 is 0.926 bits per heavy atom. The largest absolute Gasteiger partial charge is 0.313 e. The Morgan fingerprint density at radius 2 is 1.52 bits per heavy atom.